The lowest BCUT2D eigenvalue weighted by Crippen LogP contribution is -2.59. The first kappa shape index (κ1) is 30.7. The summed E-state index contributed by atoms with van der Waals surface area (Å²) in [4.78, 5) is 24.7. The van der Waals surface area contributed by atoms with Gasteiger partial charge in [0.15, 0.2) is 0 Å². The molecule has 0 radical (unpaired) electrons. The Morgan fingerprint density at radius 3 is 1.56 bits per heavy atom. The molecule has 0 saturated carbocycles. The summed E-state index contributed by atoms with van der Waals surface area (Å²) in [7, 11) is -2.38. The zero-order valence-corrected chi connectivity index (χ0v) is 23.3. The van der Waals surface area contributed by atoms with Gasteiger partial charge in [-0.1, -0.05) is 41.5 Å². The number of rotatable bonds is 10. The van der Waals surface area contributed by atoms with Crippen molar-refractivity contribution in [3.63, 3.8) is 0 Å². The van der Waals surface area contributed by atoms with Crippen molar-refractivity contribution in [2.75, 3.05) is 13.2 Å². The summed E-state index contributed by atoms with van der Waals surface area (Å²) in [6.07, 6.45) is -1.88. The van der Waals surface area contributed by atoms with E-state index < -0.39 is 43.9 Å². The van der Waals surface area contributed by atoms with Crippen LogP contribution in [0.2, 0.25) is 16.6 Å². The lowest BCUT2D eigenvalue weighted by molar-refractivity contribution is 0.0332. The molecule has 0 aliphatic rings. The van der Waals surface area contributed by atoms with Crippen molar-refractivity contribution in [3.8, 4) is 0 Å². The van der Waals surface area contributed by atoms with Gasteiger partial charge in [0.2, 0.25) is 8.32 Å². The van der Waals surface area contributed by atoms with Gasteiger partial charge in [-0.05, 0) is 58.2 Å². The van der Waals surface area contributed by atoms with E-state index in [1.165, 1.54) is 0 Å². The van der Waals surface area contributed by atoms with E-state index in [2.05, 4.69) is 52.2 Å². The van der Waals surface area contributed by atoms with E-state index in [-0.39, 0.29) is 29.8 Å². The van der Waals surface area contributed by atoms with E-state index in [9.17, 15) is 14.7 Å². The number of aliphatic hydroxyl groups is 1. The van der Waals surface area contributed by atoms with Gasteiger partial charge in [0, 0.05) is 6.54 Å². The maximum Gasteiger partial charge on any atom is 0.408 e. The Morgan fingerprint density at radius 1 is 0.812 bits per heavy atom. The number of ether oxygens (including phenoxy) is 2. The van der Waals surface area contributed by atoms with Crippen molar-refractivity contribution in [1.29, 1.82) is 0 Å². The fourth-order valence-corrected chi connectivity index (χ4v) is 9.74. The van der Waals surface area contributed by atoms with Gasteiger partial charge in [-0.2, -0.15) is 0 Å². The Kier molecular flexibility index (Phi) is 11.7. The molecule has 0 bridgehead atoms. The summed E-state index contributed by atoms with van der Waals surface area (Å²) >= 11 is 0. The molecule has 0 fully saturated rings. The van der Waals surface area contributed by atoms with Gasteiger partial charge in [-0.3, -0.25) is 0 Å². The highest BCUT2D eigenvalue weighted by Crippen LogP contribution is 2.43. The minimum Gasteiger partial charge on any atom is -0.444 e. The number of hydrogen-bond donors (Lipinski definition) is 3. The molecule has 190 valence electrons. The van der Waals surface area contributed by atoms with Crippen molar-refractivity contribution >= 4 is 20.5 Å². The lowest BCUT2D eigenvalue weighted by atomic mass is 10.1. The maximum atomic E-state index is 12.4. The Hall–Kier alpha value is -1.32. The second kappa shape index (κ2) is 12.2. The summed E-state index contributed by atoms with van der Waals surface area (Å²) in [5.41, 5.74) is -0.466. The van der Waals surface area contributed by atoms with E-state index in [0.717, 1.165) is 0 Å². The van der Waals surface area contributed by atoms with Crippen LogP contribution in [-0.2, 0) is 13.9 Å². The summed E-state index contributed by atoms with van der Waals surface area (Å²) < 4.78 is 17.5. The van der Waals surface area contributed by atoms with Gasteiger partial charge < -0.3 is 29.6 Å². The van der Waals surface area contributed by atoms with E-state index in [1.54, 1.807) is 41.5 Å². The minimum atomic E-state index is -2.38. The molecule has 2 amide bonds. The van der Waals surface area contributed by atoms with Crippen molar-refractivity contribution in [2.24, 2.45) is 0 Å². The van der Waals surface area contributed by atoms with Crippen LogP contribution in [0.25, 0.3) is 0 Å². The molecule has 9 heteroatoms. The first-order chi connectivity index (χ1) is 14.4. The second-order valence-electron chi connectivity index (χ2n) is 11.3. The molecule has 0 rings (SSSR count). The van der Waals surface area contributed by atoms with Crippen LogP contribution in [0, 0.1) is 0 Å². The van der Waals surface area contributed by atoms with Crippen LogP contribution in [0.15, 0.2) is 0 Å². The highest BCUT2D eigenvalue weighted by atomic mass is 28.4. The van der Waals surface area contributed by atoms with Gasteiger partial charge in [0.25, 0.3) is 0 Å². The maximum absolute atomic E-state index is 12.4. The van der Waals surface area contributed by atoms with Gasteiger partial charge in [0.1, 0.15) is 11.2 Å². The first-order valence-electron chi connectivity index (χ1n) is 11.6. The Balaban J connectivity index is 5.88. The van der Waals surface area contributed by atoms with Gasteiger partial charge in [-0.25, -0.2) is 9.59 Å². The standard InChI is InChI=1S/C23H48N2O6Si/c1-15(2)32(16(3)4,17(5)6)31-19(13-24-20(27)29-22(7,8)9)18(14-26)25-21(28)30-23(10,11)12/h15-19,26H,13-14H2,1-12H3,(H,24,27)(H,25,28)/t18?,19-/m0/s1. The molecule has 0 heterocycles. The summed E-state index contributed by atoms with van der Waals surface area (Å²) in [5.74, 6) is 0. The average Bonchev–Trinajstić information content (AvgIpc) is 2.56. The smallest absolute Gasteiger partial charge is 0.408 e. The largest absolute Gasteiger partial charge is 0.444 e. The Morgan fingerprint density at radius 2 is 1.22 bits per heavy atom. The number of carbonyl (C=O) groups excluding carboxylic acids is 2. The molecule has 0 spiro atoms. The Bertz CT molecular complexity index is 575. The van der Waals surface area contributed by atoms with E-state index in [1.807, 2.05) is 0 Å². The molecule has 0 aromatic carbocycles. The highest BCUT2D eigenvalue weighted by molar-refractivity contribution is 6.77. The third kappa shape index (κ3) is 10.1. The molecule has 1 unspecified atom stereocenters. The second-order valence-corrected chi connectivity index (χ2v) is 16.7. The molecule has 0 aromatic rings. The normalized spacial score (nSPS) is 15.0. The molecule has 0 aromatic heterocycles. The minimum absolute atomic E-state index is 0.0802. The van der Waals surface area contributed by atoms with Crippen molar-refractivity contribution < 1.29 is 28.6 Å². The van der Waals surface area contributed by atoms with Crippen LogP contribution >= 0.6 is 0 Å². The number of alkyl carbamates (subject to hydrolysis) is 2. The monoisotopic (exact) mass is 476 g/mol. The molecule has 0 aliphatic heterocycles. The molecule has 2 atom stereocenters. The third-order valence-electron chi connectivity index (χ3n) is 5.26. The quantitative estimate of drug-likeness (QED) is 0.385. The average molecular weight is 477 g/mol. The third-order valence-corrected chi connectivity index (χ3v) is 11.4. The molecule has 32 heavy (non-hydrogen) atoms. The fraction of sp³-hybridized carbons (Fsp3) is 0.913. The molecular weight excluding hydrogens is 428 g/mol. The summed E-state index contributed by atoms with van der Waals surface area (Å²) in [6, 6.07) is -0.761. The van der Waals surface area contributed by atoms with E-state index in [4.69, 9.17) is 13.9 Å². The number of carbonyl (C=O) groups is 2. The fourth-order valence-electron chi connectivity index (χ4n) is 4.15. The first-order valence-corrected chi connectivity index (χ1v) is 13.7. The SMILES string of the molecule is CC(C)[Si](O[C@@H](CNC(=O)OC(C)(C)C)C(CO)NC(=O)OC(C)(C)C)(C(C)C)C(C)C. The molecule has 3 N–H and O–H groups in total. The molecule has 0 aliphatic carbocycles. The Labute approximate surface area is 196 Å². The van der Waals surface area contributed by atoms with Crippen LogP contribution in [-0.4, -0.2) is 62.1 Å². The van der Waals surface area contributed by atoms with Crippen LogP contribution in [0.4, 0.5) is 9.59 Å². The van der Waals surface area contributed by atoms with Gasteiger partial charge in [0.05, 0.1) is 18.8 Å². The van der Waals surface area contributed by atoms with Crippen LogP contribution < -0.4 is 10.6 Å². The number of hydrogen-bond acceptors (Lipinski definition) is 6. The highest BCUT2D eigenvalue weighted by Gasteiger charge is 2.48. The van der Waals surface area contributed by atoms with Gasteiger partial charge >= 0.3 is 12.2 Å². The topological polar surface area (TPSA) is 106 Å². The summed E-state index contributed by atoms with van der Waals surface area (Å²) in [5, 5.41) is 15.6. The van der Waals surface area contributed by atoms with E-state index in [0.29, 0.717) is 0 Å². The zero-order chi connectivity index (χ0) is 25.5. The van der Waals surface area contributed by atoms with Gasteiger partial charge in [-0.15, -0.1) is 0 Å². The number of aliphatic hydroxyl groups excluding tert-OH is 1. The zero-order valence-electron chi connectivity index (χ0n) is 22.3. The van der Waals surface area contributed by atoms with Crippen molar-refractivity contribution in [3.05, 3.63) is 0 Å². The van der Waals surface area contributed by atoms with Crippen LogP contribution in [0.3, 0.4) is 0 Å². The lowest BCUT2D eigenvalue weighted by Gasteiger charge is -2.46. The predicted molar refractivity (Wildman–Crippen MR) is 130 cm³/mol. The number of amides is 2. The predicted octanol–water partition coefficient (Wildman–Crippen LogP) is 4.96. The number of nitrogens with one attached hydrogen (secondary N) is 2. The van der Waals surface area contributed by atoms with Crippen molar-refractivity contribution in [2.45, 2.75) is 123 Å². The van der Waals surface area contributed by atoms with Crippen LogP contribution in [0.5, 0.6) is 0 Å². The van der Waals surface area contributed by atoms with Crippen molar-refractivity contribution in [1.82, 2.24) is 10.6 Å². The molecule has 0 saturated heterocycles. The molecule has 8 nitrogen and oxygen atoms in total. The molecular formula is C23H48N2O6Si. The van der Waals surface area contributed by atoms with E-state index >= 15 is 0 Å². The summed E-state index contributed by atoms with van der Waals surface area (Å²) in [6.45, 7) is 23.3. The van der Waals surface area contributed by atoms with Crippen LogP contribution in [0.1, 0.15) is 83.1 Å².